The average Bonchev–Trinajstić information content (AvgIpc) is 2.75. The van der Waals surface area contributed by atoms with Crippen LogP contribution in [-0.4, -0.2) is 9.97 Å². The van der Waals surface area contributed by atoms with E-state index >= 15 is 0 Å². The van der Waals surface area contributed by atoms with Crippen molar-refractivity contribution in [1.82, 2.24) is 9.97 Å². The van der Waals surface area contributed by atoms with Crippen molar-refractivity contribution in [3.05, 3.63) is 89.0 Å². The molecule has 0 radical (unpaired) electrons. The maximum Gasteiger partial charge on any atom is 0.228 e. The van der Waals surface area contributed by atoms with E-state index in [2.05, 4.69) is 15.3 Å². The zero-order valence-corrected chi connectivity index (χ0v) is 16.3. The van der Waals surface area contributed by atoms with Gasteiger partial charge in [0.2, 0.25) is 5.95 Å². The SMILES string of the molecule is Fc1ccc(F)c(Nc2nc(-c3cccc(Cl)c3)c3c(n2)-c2ccccc2OC3)c1. The van der Waals surface area contributed by atoms with Crippen molar-refractivity contribution >= 4 is 23.2 Å². The molecular formula is C23H14ClF2N3O. The minimum Gasteiger partial charge on any atom is -0.488 e. The Morgan fingerprint density at radius 2 is 1.73 bits per heavy atom. The van der Waals surface area contributed by atoms with E-state index in [0.717, 1.165) is 34.9 Å². The molecule has 0 saturated carbocycles. The number of fused-ring (bicyclic) bond motifs is 3. The fourth-order valence-electron chi connectivity index (χ4n) is 3.43. The first-order chi connectivity index (χ1) is 14.6. The third-order valence-corrected chi connectivity index (χ3v) is 5.03. The van der Waals surface area contributed by atoms with E-state index in [1.807, 2.05) is 36.4 Å². The number of hydrogen-bond donors (Lipinski definition) is 1. The first-order valence-corrected chi connectivity index (χ1v) is 9.57. The fraction of sp³-hybridized carbons (Fsp3) is 0.0435. The first kappa shape index (κ1) is 18.5. The molecule has 0 aliphatic carbocycles. The maximum absolute atomic E-state index is 14.2. The highest BCUT2D eigenvalue weighted by Crippen LogP contribution is 2.40. The van der Waals surface area contributed by atoms with Gasteiger partial charge in [0.05, 0.1) is 17.1 Å². The van der Waals surface area contributed by atoms with Crippen molar-refractivity contribution in [2.24, 2.45) is 0 Å². The van der Waals surface area contributed by atoms with E-state index < -0.39 is 11.6 Å². The van der Waals surface area contributed by atoms with Gasteiger partial charge in [-0.1, -0.05) is 35.9 Å². The number of benzene rings is 3. The molecule has 0 amide bonds. The second-order valence-electron chi connectivity index (χ2n) is 6.77. The molecule has 3 aromatic carbocycles. The highest BCUT2D eigenvalue weighted by molar-refractivity contribution is 6.30. The second-order valence-corrected chi connectivity index (χ2v) is 7.20. The number of halogens is 3. The number of hydrogen-bond acceptors (Lipinski definition) is 4. The molecule has 1 aliphatic heterocycles. The third kappa shape index (κ3) is 3.35. The molecule has 4 nitrogen and oxygen atoms in total. The Morgan fingerprint density at radius 3 is 2.60 bits per heavy atom. The maximum atomic E-state index is 14.2. The summed E-state index contributed by atoms with van der Waals surface area (Å²) in [6.07, 6.45) is 0. The largest absolute Gasteiger partial charge is 0.488 e. The average molecular weight is 422 g/mol. The summed E-state index contributed by atoms with van der Waals surface area (Å²) in [6, 6.07) is 18.0. The van der Waals surface area contributed by atoms with E-state index in [0.29, 0.717) is 22.2 Å². The van der Waals surface area contributed by atoms with E-state index in [-0.39, 0.29) is 18.2 Å². The molecule has 0 saturated heterocycles. The number of rotatable bonds is 3. The van der Waals surface area contributed by atoms with Gasteiger partial charge in [0.15, 0.2) is 0 Å². The summed E-state index contributed by atoms with van der Waals surface area (Å²) in [5.41, 5.74) is 3.59. The molecule has 0 fully saturated rings. The number of para-hydroxylation sites is 1. The fourth-order valence-corrected chi connectivity index (χ4v) is 3.62. The van der Waals surface area contributed by atoms with E-state index in [1.54, 1.807) is 12.1 Å². The van der Waals surface area contributed by atoms with Crippen LogP contribution in [0.3, 0.4) is 0 Å². The molecule has 1 aliphatic rings. The van der Waals surface area contributed by atoms with Gasteiger partial charge < -0.3 is 10.1 Å². The van der Waals surface area contributed by atoms with E-state index in [1.165, 1.54) is 0 Å². The summed E-state index contributed by atoms with van der Waals surface area (Å²) < 4.78 is 33.7. The lowest BCUT2D eigenvalue weighted by Gasteiger charge is -2.23. The molecule has 30 heavy (non-hydrogen) atoms. The van der Waals surface area contributed by atoms with E-state index in [9.17, 15) is 8.78 Å². The zero-order chi connectivity index (χ0) is 20.7. The molecule has 4 aromatic rings. The summed E-state index contributed by atoms with van der Waals surface area (Å²) in [4.78, 5) is 9.19. The van der Waals surface area contributed by atoms with Crippen LogP contribution in [0.25, 0.3) is 22.5 Å². The van der Waals surface area contributed by atoms with Crippen LogP contribution in [0, 0.1) is 11.6 Å². The Morgan fingerprint density at radius 1 is 0.900 bits per heavy atom. The van der Waals surface area contributed by atoms with Gasteiger partial charge in [-0.25, -0.2) is 18.7 Å². The minimum atomic E-state index is -0.606. The van der Waals surface area contributed by atoms with Crippen molar-refractivity contribution in [3.8, 4) is 28.3 Å². The lowest BCUT2D eigenvalue weighted by atomic mass is 9.98. The van der Waals surface area contributed by atoms with Crippen molar-refractivity contribution in [2.75, 3.05) is 5.32 Å². The molecule has 5 rings (SSSR count). The van der Waals surface area contributed by atoms with Crippen molar-refractivity contribution in [3.63, 3.8) is 0 Å². The topological polar surface area (TPSA) is 47.0 Å². The summed E-state index contributed by atoms with van der Waals surface area (Å²) in [7, 11) is 0. The molecule has 7 heteroatoms. The highest BCUT2D eigenvalue weighted by atomic mass is 35.5. The molecule has 0 atom stereocenters. The molecule has 148 valence electrons. The normalized spacial score (nSPS) is 12.0. The quantitative estimate of drug-likeness (QED) is 0.417. The Hall–Kier alpha value is -3.51. The standard InChI is InChI=1S/C23H14ClF2N3O/c24-14-5-3-4-13(10-14)21-17-12-30-20-7-2-1-6-16(20)22(17)29-23(28-21)27-19-11-15(25)8-9-18(19)26/h1-11H,12H2,(H,27,28,29). The van der Waals surface area contributed by atoms with E-state index in [4.69, 9.17) is 16.3 Å². The predicted molar refractivity (Wildman–Crippen MR) is 112 cm³/mol. The van der Waals surface area contributed by atoms with Gasteiger partial charge in [-0.15, -0.1) is 0 Å². The van der Waals surface area contributed by atoms with Gasteiger partial charge in [-0.05, 0) is 36.4 Å². The Kier molecular flexibility index (Phi) is 4.56. The smallest absolute Gasteiger partial charge is 0.228 e. The van der Waals surface area contributed by atoms with Gasteiger partial charge in [-0.2, -0.15) is 0 Å². The number of aromatic nitrogens is 2. The Balaban J connectivity index is 1.71. The van der Waals surface area contributed by atoms with Gasteiger partial charge in [0.1, 0.15) is 24.0 Å². The molecule has 1 aromatic heterocycles. The van der Waals surface area contributed by atoms with Crippen molar-refractivity contribution in [1.29, 1.82) is 0 Å². The molecular weight excluding hydrogens is 408 g/mol. The number of anilines is 2. The van der Waals surface area contributed by atoms with Gasteiger partial charge in [0, 0.05) is 27.8 Å². The van der Waals surface area contributed by atoms with Crippen LogP contribution in [0.4, 0.5) is 20.4 Å². The van der Waals surface area contributed by atoms with Gasteiger partial charge >= 0.3 is 0 Å². The predicted octanol–water partition coefficient (Wildman–Crippen LogP) is 6.38. The third-order valence-electron chi connectivity index (χ3n) is 4.79. The molecule has 1 N–H and O–H groups in total. The van der Waals surface area contributed by atoms with Crippen LogP contribution in [0.1, 0.15) is 5.56 Å². The zero-order valence-electron chi connectivity index (χ0n) is 15.5. The molecule has 2 heterocycles. The van der Waals surface area contributed by atoms with Crippen LogP contribution in [-0.2, 0) is 6.61 Å². The van der Waals surface area contributed by atoms with Crippen LogP contribution in [0.2, 0.25) is 5.02 Å². The molecule has 0 bridgehead atoms. The van der Waals surface area contributed by atoms with Crippen LogP contribution in [0.15, 0.2) is 66.7 Å². The molecule has 0 spiro atoms. The van der Waals surface area contributed by atoms with Crippen LogP contribution >= 0.6 is 11.6 Å². The van der Waals surface area contributed by atoms with Gasteiger partial charge in [-0.3, -0.25) is 0 Å². The lowest BCUT2D eigenvalue weighted by molar-refractivity contribution is 0.301. The minimum absolute atomic E-state index is 0.0488. The first-order valence-electron chi connectivity index (χ1n) is 9.19. The monoisotopic (exact) mass is 421 g/mol. The van der Waals surface area contributed by atoms with Crippen LogP contribution < -0.4 is 10.1 Å². The summed E-state index contributed by atoms with van der Waals surface area (Å²) in [6.45, 7) is 0.281. The van der Waals surface area contributed by atoms with Gasteiger partial charge in [0.25, 0.3) is 0 Å². The molecule has 0 unspecified atom stereocenters. The van der Waals surface area contributed by atoms with Crippen molar-refractivity contribution < 1.29 is 13.5 Å². The number of nitrogens with one attached hydrogen (secondary N) is 1. The number of ether oxygens (including phenoxy) is 1. The highest BCUT2D eigenvalue weighted by Gasteiger charge is 2.24. The number of nitrogens with zero attached hydrogens (tertiary/aromatic N) is 2. The summed E-state index contributed by atoms with van der Waals surface area (Å²) in [5, 5.41) is 3.37. The Labute approximate surface area is 176 Å². The summed E-state index contributed by atoms with van der Waals surface area (Å²) in [5.74, 6) is -0.329. The van der Waals surface area contributed by atoms with Crippen LogP contribution in [0.5, 0.6) is 5.75 Å². The van der Waals surface area contributed by atoms with Crippen molar-refractivity contribution in [2.45, 2.75) is 6.61 Å². The lowest BCUT2D eigenvalue weighted by Crippen LogP contribution is -2.12. The second kappa shape index (κ2) is 7.39. The Bertz CT molecular complexity index is 1280. The summed E-state index contributed by atoms with van der Waals surface area (Å²) >= 11 is 6.19.